The largest absolute Gasteiger partial charge is 0.497 e. The molecule has 2 aromatic rings. The van der Waals surface area contributed by atoms with Gasteiger partial charge in [0.15, 0.2) is 5.78 Å². The predicted molar refractivity (Wildman–Crippen MR) is 112 cm³/mol. The van der Waals surface area contributed by atoms with Crippen LogP contribution in [0.1, 0.15) is 69.2 Å². The van der Waals surface area contributed by atoms with E-state index < -0.39 is 12.0 Å². The molecule has 3 rings (SSSR count). The Kier molecular flexibility index (Phi) is 6.29. The van der Waals surface area contributed by atoms with Crippen molar-refractivity contribution in [1.82, 2.24) is 9.88 Å². The van der Waals surface area contributed by atoms with Crippen molar-refractivity contribution in [1.29, 1.82) is 0 Å². The van der Waals surface area contributed by atoms with Crippen LogP contribution in [0.3, 0.4) is 0 Å². The summed E-state index contributed by atoms with van der Waals surface area (Å²) in [5, 5.41) is 0. The molecule has 1 aliphatic rings. The molecular weight excluding hydrogens is 384 g/mol. The minimum absolute atomic E-state index is 0.0340. The zero-order chi connectivity index (χ0) is 22.0. The van der Waals surface area contributed by atoms with Gasteiger partial charge in [-0.05, 0) is 64.3 Å². The van der Waals surface area contributed by atoms with E-state index in [1.807, 2.05) is 0 Å². The lowest BCUT2D eigenvalue weighted by Gasteiger charge is -2.29. The van der Waals surface area contributed by atoms with E-state index in [2.05, 4.69) is 4.98 Å². The van der Waals surface area contributed by atoms with Gasteiger partial charge in [-0.3, -0.25) is 9.59 Å². The van der Waals surface area contributed by atoms with Gasteiger partial charge in [0.1, 0.15) is 11.4 Å². The number of esters is 1. The first-order valence-corrected chi connectivity index (χ1v) is 10.2. The highest BCUT2D eigenvalue weighted by molar-refractivity contribution is 6.07. The molecular formula is C23H28N2O5. The van der Waals surface area contributed by atoms with E-state index in [1.54, 1.807) is 64.0 Å². The molecule has 0 aliphatic heterocycles. The zero-order valence-corrected chi connectivity index (χ0v) is 18.1. The molecule has 1 saturated carbocycles. The number of methoxy groups -OCH3 is 1. The van der Waals surface area contributed by atoms with Crippen LogP contribution >= 0.6 is 0 Å². The number of rotatable bonds is 8. The third-order valence-electron chi connectivity index (χ3n) is 5.45. The number of carbonyl (C=O) groups excluding carboxylic acids is 3. The van der Waals surface area contributed by atoms with Gasteiger partial charge in [-0.15, -0.1) is 0 Å². The molecule has 1 N–H and O–H groups in total. The Balaban J connectivity index is 1.91. The summed E-state index contributed by atoms with van der Waals surface area (Å²) >= 11 is 0. The molecule has 30 heavy (non-hydrogen) atoms. The lowest BCUT2D eigenvalue weighted by Crippen LogP contribution is -2.45. The van der Waals surface area contributed by atoms with Crippen molar-refractivity contribution >= 4 is 17.7 Å². The standard InChI is InChI=1S/C23H28N2O5/c1-6-30-23(28)20-13(2)19(14(3)24-20)21(26)15(4)25(17-10-11-17)22(27)16-8-7-9-18(12-16)29-5/h7-9,12,15,17,24H,6,10-11H2,1-5H3. The fourth-order valence-corrected chi connectivity index (χ4v) is 3.78. The quantitative estimate of drug-likeness (QED) is 0.528. The number of ketones is 1. The number of aryl methyl sites for hydroxylation is 1. The molecule has 1 fully saturated rings. The van der Waals surface area contributed by atoms with Crippen LogP contribution in [-0.2, 0) is 4.74 Å². The van der Waals surface area contributed by atoms with Crippen molar-refractivity contribution in [2.45, 2.75) is 52.6 Å². The monoisotopic (exact) mass is 412 g/mol. The summed E-state index contributed by atoms with van der Waals surface area (Å²) in [6.45, 7) is 7.20. The summed E-state index contributed by atoms with van der Waals surface area (Å²) < 4.78 is 10.3. The maximum absolute atomic E-state index is 13.4. The van der Waals surface area contributed by atoms with Crippen LogP contribution in [0.2, 0.25) is 0 Å². The number of nitrogens with zero attached hydrogens (tertiary/aromatic N) is 1. The summed E-state index contributed by atoms with van der Waals surface area (Å²) in [7, 11) is 1.55. The minimum Gasteiger partial charge on any atom is -0.497 e. The molecule has 1 aliphatic carbocycles. The third kappa shape index (κ3) is 4.10. The van der Waals surface area contributed by atoms with Crippen LogP contribution < -0.4 is 4.74 Å². The first kappa shape index (κ1) is 21.6. The van der Waals surface area contributed by atoms with Gasteiger partial charge < -0.3 is 19.4 Å². The van der Waals surface area contributed by atoms with Gasteiger partial charge in [0, 0.05) is 22.9 Å². The second-order valence-electron chi connectivity index (χ2n) is 7.56. The summed E-state index contributed by atoms with van der Waals surface area (Å²) in [6, 6.07) is 6.31. The van der Waals surface area contributed by atoms with Crippen molar-refractivity contribution in [3.63, 3.8) is 0 Å². The van der Waals surface area contributed by atoms with Crippen LogP contribution in [0, 0.1) is 13.8 Å². The lowest BCUT2D eigenvalue weighted by molar-refractivity contribution is 0.0518. The number of ether oxygens (including phenoxy) is 2. The molecule has 7 heteroatoms. The number of aromatic nitrogens is 1. The molecule has 7 nitrogen and oxygen atoms in total. The molecule has 1 unspecified atom stereocenters. The average Bonchev–Trinajstić information content (AvgIpc) is 3.52. The van der Waals surface area contributed by atoms with Gasteiger partial charge in [0.2, 0.25) is 0 Å². The highest BCUT2D eigenvalue weighted by Gasteiger charge is 2.40. The van der Waals surface area contributed by atoms with E-state index in [0.717, 1.165) is 12.8 Å². The second kappa shape index (κ2) is 8.73. The smallest absolute Gasteiger partial charge is 0.355 e. The van der Waals surface area contributed by atoms with Crippen molar-refractivity contribution in [2.24, 2.45) is 0 Å². The normalized spacial score (nSPS) is 14.2. The zero-order valence-electron chi connectivity index (χ0n) is 18.1. The van der Waals surface area contributed by atoms with Crippen molar-refractivity contribution < 1.29 is 23.9 Å². The minimum atomic E-state index is -0.667. The highest BCUT2D eigenvalue weighted by atomic mass is 16.5. The number of carbonyl (C=O) groups is 3. The van der Waals surface area contributed by atoms with E-state index in [-0.39, 0.29) is 30.0 Å². The van der Waals surface area contributed by atoms with Crippen LogP contribution in [0.5, 0.6) is 5.75 Å². The van der Waals surface area contributed by atoms with E-state index in [1.165, 1.54) is 0 Å². The lowest BCUT2D eigenvalue weighted by atomic mass is 9.99. The van der Waals surface area contributed by atoms with E-state index in [9.17, 15) is 14.4 Å². The second-order valence-corrected chi connectivity index (χ2v) is 7.56. The van der Waals surface area contributed by atoms with Crippen molar-refractivity contribution in [3.8, 4) is 5.75 Å². The Morgan fingerprint density at radius 1 is 1.23 bits per heavy atom. The molecule has 1 aromatic carbocycles. The third-order valence-corrected chi connectivity index (χ3v) is 5.45. The molecule has 0 bridgehead atoms. The van der Waals surface area contributed by atoms with Gasteiger partial charge >= 0.3 is 5.97 Å². The van der Waals surface area contributed by atoms with Crippen LogP contribution in [0.25, 0.3) is 0 Å². The fourth-order valence-electron chi connectivity index (χ4n) is 3.78. The van der Waals surface area contributed by atoms with E-state index >= 15 is 0 Å². The van der Waals surface area contributed by atoms with Crippen molar-refractivity contribution in [2.75, 3.05) is 13.7 Å². The molecule has 1 heterocycles. The number of amides is 1. The Morgan fingerprint density at radius 2 is 1.93 bits per heavy atom. The van der Waals surface area contributed by atoms with E-state index in [4.69, 9.17) is 9.47 Å². The topological polar surface area (TPSA) is 88.7 Å². The Bertz CT molecular complexity index is 974. The number of H-pyrrole nitrogens is 1. The summed E-state index contributed by atoms with van der Waals surface area (Å²) in [6.07, 6.45) is 1.74. The van der Waals surface area contributed by atoms with Crippen LogP contribution in [0.4, 0.5) is 0 Å². The van der Waals surface area contributed by atoms with Gasteiger partial charge in [-0.25, -0.2) is 4.79 Å². The predicted octanol–water partition coefficient (Wildman–Crippen LogP) is 3.69. The van der Waals surface area contributed by atoms with Gasteiger partial charge in [-0.1, -0.05) is 6.07 Å². The van der Waals surface area contributed by atoms with Gasteiger partial charge in [0.05, 0.1) is 19.8 Å². The van der Waals surface area contributed by atoms with Gasteiger partial charge in [-0.2, -0.15) is 0 Å². The molecule has 160 valence electrons. The summed E-state index contributed by atoms with van der Waals surface area (Å²) in [5.41, 5.74) is 2.34. The Morgan fingerprint density at radius 3 is 2.53 bits per heavy atom. The molecule has 1 amide bonds. The molecule has 0 saturated heterocycles. The van der Waals surface area contributed by atoms with E-state index in [0.29, 0.717) is 28.1 Å². The molecule has 1 atom stereocenters. The van der Waals surface area contributed by atoms with Gasteiger partial charge in [0.25, 0.3) is 5.91 Å². The number of hydrogen-bond acceptors (Lipinski definition) is 5. The molecule has 1 aromatic heterocycles. The summed E-state index contributed by atoms with van der Waals surface area (Å²) in [4.78, 5) is 43.5. The Labute approximate surface area is 176 Å². The average molecular weight is 412 g/mol. The first-order chi connectivity index (χ1) is 14.3. The number of Topliss-reactive ketones (excluding diaryl/α,β-unsaturated/α-hetero) is 1. The fraction of sp³-hybridized carbons (Fsp3) is 0.435. The number of nitrogens with one attached hydrogen (secondary N) is 1. The maximum Gasteiger partial charge on any atom is 0.355 e. The molecule has 0 spiro atoms. The van der Waals surface area contributed by atoms with Crippen molar-refractivity contribution in [3.05, 3.63) is 52.3 Å². The summed E-state index contributed by atoms with van der Waals surface area (Å²) in [5.74, 6) is -0.294. The van der Waals surface area contributed by atoms with Crippen LogP contribution in [0.15, 0.2) is 24.3 Å². The first-order valence-electron chi connectivity index (χ1n) is 10.2. The highest BCUT2D eigenvalue weighted by Crippen LogP contribution is 2.32. The van der Waals surface area contributed by atoms with Crippen LogP contribution in [-0.4, -0.2) is 53.3 Å². The maximum atomic E-state index is 13.4. The Hall–Kier alpha value is -3.09. The number of hydrogen-bond donors (Lipinski definition) is 1. The SMILES string of the molecule is CCOC(=O)c1[nH]c(C)c(C(=O)C(C)N(C(=O)c2cccc(OC)c2)C2CC2)c1C. The number of aromatic amines is 1. The molecule has 0 radical (unpaired) electrons. The number of benzene rings is 1.